The van der Waals surface area contributed by atoms with Crippen molar-refractivity contribution in [3.05, 3.63) is 11.9 Å². The summed E-state index contributed by atoms with van der Waals surface area (Å²) in [5.74, 6) is 0.706. The smallest absolute Gasteiger partial charge is 0.271 e. The number of primary amides is 1. The number of amides is 1. The Hall–Kier alpha value is -1.63. The maximum Gasteiger partial charge on any atom is 0.271 e. The van der Waals surface area contributed by atoms with E-state index in [4.69, 9.17) is 18.0 Å². The van der Waals surface area contributed by atoms with Gasteiger partial charge in [-0.05, 0) is 37.4 Å². The van der Waals surface area contributed by atoms with Gasteiger partial charge in [0, 0.05) is 18.8 Å². The number of aryl methyl sites for hydroxylation is 1. The summed E-state index contributed by atoms with van der Waals surface area (Å²) in [7, 11) is 0. The summed E-state index contributed by atoms with van der Waals surface area (Å²) >= 11 is 5.39. The molecular weight excluding hydrogens is 298 g/mol. The summed E-state index contributed by atoms with van der Waals surface area (Å²) in [6.45, 7) is 7.15. The fourth-order valence-corrected chi connectivity index (χ4v) is 3.23. The third-order valence-electron chi connectivity index (χ3n) is 4.59. The van der Waals surface area contributed by atoms with E-state index in [1.165, 1.54) is 12.8 Å². The fraction of sp³-hybridized carbons (Fsp3) is 0.667. The van der Waals surface area contributed by atoms with E-state index >= 15 is 0 Å². The van der Waals surface area contributed by atoms with Crippen LogP contribution in [-0.2, 0) is 6.54 Å². The third-order valence-corrected chi connectivity index (χ3v) is 4.81. The minimum absolute atomic E-state index is 0.219. The molecule has 0 spiro atoms. The van der Waals surface area contributed by atoms with E-state index in [-0.39, 0.29) is 5.69 Å². The van der Waals surface area contributed by atoms with E-state index in [0.717, 1.165) is 6.42 Å². The quantitative estimate of drug-likeness (QED) is 0.739. The highest BCUT2D eigenvalue weighted by Crippen LogP contribution is 2.29. The lowest BCUT2D eigenvalue weighted by molar-refractivity contribution is 0.0995. The van der Waals surface area contributed by atoms with Gasteiger partial charge in [0.1, 0.15) is 0 Å². The molecule has 1 fully saturated rings. The number of carbonyl (C=O) groups is 1. The first-order chi connectivity index (χ1) is 10.4. The molecule has 2 rings (SSSR count). The minimum atomic E-state index is -0.558. The Balaban J connectivity index is 2.03. The number of carbonyl (C=O) groups excluding carboxylic acids is 1. The number of thiocarbonyl (C=S) groups is 1. The number of anilines is 1. The molecule has 0 saturated heterocycles. The largest absolute Gasteiger partial charge is 0.364 e. The molecule has 1 aliphatic rings. The molecule has 3 atom stereocenters. The van der Waals surface area contributed by atoms with Crippen LogP contribution in [0.2, 0.25) is 0 Å². The molecule has 4 N–H and O–H groups in total. The van der Waals surface area contributed by atoms with Crippen LogP contribution in [0.5, 0.6) is 0 Å². The zero-order chi connectivity index (χ0) is 16.3. The monoisotopic (exact) mass is 323 g/mol. The number of nitrogens with zero attached hydrogens (tertiary/aromatic N) is 2. The molecule has 1 heterocycles. The molecule has 1 aromatic rings. The Morgan fingerprint density at radius 3 is 2.86 bits per heavy atom. The van der Waals surface area contributed by atoms with Gasteiger partial charge in [0.2, 0.25) is 0 Å². The van der Waals surface area contributed by atoms with Crippen molar-refractivity contribution >= 4 is 28.9 Å². The van der Waals surface area contributed by atoms with E-state index in [1.807, 2.05) is 6.92 Å². The molecule has 122 valence electrons. The second-order valence-electron chi connectivity index (χ2n) is 6.08. The van der Waals surface area contributed by atoms with E-state index < -0.39 is 5.91 Å². The molecule has 1 saturated carbocycles. The van der Waals surface area contributed by atoms with Crippen LogP contribution in [0.3, 0.4) is 0 Å². The molecule has 0 unspecified atom stereocenters. The lowest BCUT2D eigenvalue weighted by Gasteiger charge is -2.35. The van der Waals surface area contributed by atoms with E-state index in [2.05, 4.69) is 29.6 Å². The van der Waals surface area contributed by atoms with Gasteiger partial charge in [-0.3, -0.25) is 9.48 Å². The van der Waals surface area contributed by atoms with Crippen molar-refractivity contribution in [3.63, 3.8) is 0 Å². The first-order valence-corrected chi connectivity index (χ1v) is 8.28. The van der Waals surface area contributed by atoms with Crippen molar-refractivity contribution in [3.8, 4) is 0 Å². The van der Waals surface area contributed by atoms with E-state index in [9.17, 15) is 4.79 Å². The van der Waals surface area contributed by atoms with Gasteiger partial charge in [0.05, 0.1) is 5.69 Å². The molecule has 0 radical (unpaired) electrons. The number of hydrogen-bond donors (Lipinski definition) is 3. The number of rotatable bonds is 4. The summed E-state index contributed by atoms with van der Waals surface area (Å²) in [6.07, 6.45) is 5.35. The molecule has 0 bridgehead atoms. The molecule has 0 aromatic carbocycles. The highest BCUT2D eigenvalue weighted by molar-refractivity contribution is 7.80. The topological polar surface area (TPSA) is 85.0 Å². The van der Waals surface area contributed by atoms with Crippen molar-refractivity contribution < 1.29 is 4.79 Å². The van der Waals surface area contributed by atoms with Gasteiger partial charge in [-0.25, -0.2) is 0 Å². The van der Waals surface area contributed by atoms with Crippen LogP contribution >= 0.6 is 12.2 Å². The van der Waals surface area contributed by atoms with Crippen LogP contribution < -0.4 is 16.4 Å². The molecule has 1 aromatic heterocycles. The van der Waals surface area contributed by atoms with E-state index in [0.29, 0.717) is 35.2 Å². The Kier molecular flexibility index (Phi) is 5.39. The third kappa shape index (κ3) is 3.76. The zero-order valence-electron chi connectivity index (χ0n) is 13.4. The number of nitrogens with one attached hydrogen (secondary N) is 2. The Morgan fingerprint density at radius 1 is 1.50 bits per heavy atom. The van der Waals surface area contributed by atoms with Crippen molar-refractivity contribution in [2.75, 3.05) is 5.32 Å². The molecule has 1 aliphatic carbocycles. The molecular formula is C15H25N5OS. The average Bonchev–Trinajstić information content (AvgIpc) is 2.87. The van der Waals surface area contributed by atoms with Gasteiger partial charge in [-0.1, -0.05) is 26.7 Å². The summed E-state index contributed by atoms with van der Waals surface area (Å²) < 4.78 is 1.66. The van der Waals surface area contributed by atoms with E-state index in [1.54, 1.807) is 10.9 Å². The van der Waals surface area contributed by atoms with Gasteiger partial charge in [0.25, 0.3) is 5.91 Å². The number of aromatic nitrogens is 2. The number of nitrogens with two attached hydrogens (primary N) is 1. The molecule has 7 heteroatoms. The SMILES string of the molecule is CCn1cc(NC(=S)N[C@@H]2CCC[C@H](C)[C@@H]2C)c(C(N)=O)n1. The van der Waals surface area contributed by atoms with Gasteiger partial charge < -0.3 is 16.4 Å². The first-order valence-electron chi connectivity index (χ1n) is 7.87. The van der Waals surface area contributed by atoms with Crippen LogP contribution in [0.1, 0.15) is 50.5 Å². The van der Waals surface area contributed by atoms with Crippen LogP contribution in [0.4, 0.5) is 5.69 Å². The molecule has 0 aliphatic heterocycles. The van der Waals surface area contributed by atoms with Crippen molar-refractivity contribution in [2.45, 2.75) is 52.6 Å². The van der Waals surface area contributed by atoms with Gasteiger partial charge in [0.15, 0.2) is 10.8 Å². The normalized spacial score (nSPS) is 24.8. The lowest BCUT2D eigenvalue weighted by atomic mass is 9.78. The van der Waals surface area contributed by atoms with Crippen molar-refractivity contribution in [2.24, 2.45) is 17.6 Å². The fourth-order valence-electron chi connectivity index (χ4n) is 2.97. The molecule has 1 amide bonds. The van der Waals surface area contributed by atoms with Gasteiger partial charge in [-0.15, -0.1) is 0 Å². The predicted octanol–water partition coefficient (Wildman–Crippen LogP) is 2.11. The van der Waals surface area contributed by atoms with Crippen LogP contribution in [0, 0.1) is 11.8 Å². The summed E-state index contributed by atoms with van der Waals surface area (Å²) in [5, 5.41) is 11.1. The highest BCUT2D eigenvalue weighted by atomic mass is 32.1. The average molecular weight is 323 g/mol. The Morgan fingerprint density at radius 2 is 2.23 bits per heavy atom. The second-order valence-corrected chi connectivity index (χ2v) is 6.49. The first kappa shape index (κ1) is 16.7. The van der Waals surface area contributed by atoms with Crippen molar-refractivity contribution in [1.29, 1.82) is 0 Å². The maximum atomic E-state index is 11.5. The van der Waals surface area contributed by atoms with Gasteiger partial charge in [-0.2, -0.15) is 5.10 Å². The zero-order valence-corrected chi connectivity index (χ0v) is 14.2. The van der Waals surface area contributed by atoms with Crippen LogP contribution in [-0.4, -0.2) is 26.8 Å². The highest BCUT2D eigenvalue weighted by Gasteiger charge is 2.27. The number of hydrogen-bond acceptors (Lipinski definition) is 3. The van der Waals surface area contributed by atoms with Crippen LogP contribution in [0.25, 0.3) is 0 Å². The Labute approximate surface area is 136 Å². The summed E-state index contributed by atoms with van der Waals surface area (Å²) in [4.78, 5) is 11.5. The Bertz CT molecular complexity index is 556. The molecule has 22 heavy (non-hydrogen) atoms. The van der Waals surface area contributed by atoms with Gasteiger partial charge >= 0.3 is 0 Å². The summed E-state index contributed by atoms with van der Waals surface area (Å²) in [5.41, 5.74) is 6.14. The maximum absolute atomic E-state index is 11.5. The predicted molar refractivity (Wildman–Crippen MR) is 91.7 cm³/mol. The van der Waals surface area contributed by atoms with Crippen molar-refractivity contribution in [1.82, 2.24) is 15.1 Å². The molecule has 6 nitrogen and oxygen atoms in total. The standard InChI is InChI=1S/C15H25N5OS/c1-4-20-8-12(13(19-20)14(16)21)18-15(22)17-11-7-5-6-9(2)10(11)3/h8-11H,4-7H2,1-3H3,(H2,16,21)(H2,17,18,22)/t9-,10-,11+/m0/s1. The van der Waals surface area contributed by atoms with Crippen LogP contribution in [0.15, 0.2) is 6.20 Å². The lowest BCUT2D eigenvalue weighted by Crippen LogP contribution is -2.45. The minimum Gasteiger partial charge on any atom is -0.364 e. The second kappa shape index (κ2) is 7.09. The summed E-state index contributed by atoms with van der Waals surface area (Å²) in [6, 6.07) is 0.363.